The summed E-state index contributed by atoms with van der Waals surface area (Å²) in [4.78, 5) is 6.18. The Kier molecular flexibility index (Phi) is 4.72. The molecule has 1 fully saturated rings. The molecule has 130 valence electrons. The highest BCUT2D eigenvalue weighted by Crippen LogP contribution is 2.26. The lowest BCUT2D eigenvalue weighted by atomic mass is 10.3. The lowest BCUT2D eigenvalue weighted by Crippen LogP contribution is -2.40. The number of halogens is 1. The van der Waals surface area contributed by atoms with E-state index in [1.165, 1.54) is 0 Å². The van der Waals surface area contributed by atoms with Crippen LogP contribution in [0.15, 0.2) is 34.5 Å². The highest BCUT2D eigenvalue weighted by Gasteiger charge is 2.24. The van der Waals surface area contributed by atoms with Crippen molar-refractivity contribution in [2.24, 2.45) is 5.73 Å². The maximum absolute atomic E-state index is 12.5. The van der Waals surface area contributed by atoms with Gasteiger partial charge in [0.15, 0.2) is 15.4 Å². The first-order chi connectivity index (χ1) is 11.5. The number of hydrogen-bond acceptors (Lipinski definition) is 7. The largest absolute Gasteiger partial charge is 0.489 e. The number of nitrogens with two attached hydrogens (primary N) is 1. The van der Waals surface area contributed by atoms with Gasteiger partial charge in [0, 0.05) is 31.3 Å². The molecule has 0 amide bonds. The standard InChI is InChI=1S/C15H18FN3O4S/c16-8-11(9-17)10-22-12-1-2-13-14(7-12)23-15(18-13)19-3-5-24(20,21)6-4-19/h1-2,7-8H,3-6,9-10,17H2. The molecule has 0 aliphatic carbocycles. The van der Waals surface area contributed by atoms with Gasteiger partial charge < -0.3 is 19.8 Å². The molecule has 1 saturated heterocycles. The van der Waals surface area contributed by atoms with Gasteiger partial charge in [-0.1, -0.05) is 0 Å². The van der Waals surface area contributed by atoms with Gasteiger partial charge in [-0.2, -0.15) is 4.98 Å². The fourth-order valence-corrected chi connectivity index (χ4v) is 3.53. The summed E-state index contributed by atoms with van der Waals surface area (Å²) < 4.78 is 46.6. The van der Waals surface area contributed by atoms with Crippen LogP contribution >= 0.6 is 0 Å². The molecule has 0 bridgehead atoms. The number of benzene rings is 1. The third kappa shape index (κ3) is 3.68. The summed E-state index contributed by atoms with van der Waals surface area (Å²) in [6.07, 6.45) is 0.440. The molecule has 2 heterocycles. The molecule has 0 atom stereocenters. The first-order valence-electron chi connectivity index (χ1n) is 7.48. The summed E-state index contributed by atoms with van der Waals surface area (Å²) in [7, 11) is -2.96. The van der Waals surface area contributed by atoms with Crippen LogP contribution in [0.5, 0.6) is 5.75 Å². The minimum absolute atomic E-state index is 0.0590. The Morgan fingerprint density at radius 1 is 1.42 bits per heavy atom. The normalized spacial score (nSPS) is 18.1. The van der Waals surface area contributed by atoms with Gasteiger partial charge in [-0.15, -0.1) is 0 Å². The number of aromatic nitrogens is 1. The van der Waals surface area contributed by atoms with Crippen molar-refractivity contribution in [1.29, 1.82) is 0 Å². The third-order valence-electron chi connectivity index (χ3n) is 3.80. The summed E-state index contributed by atoms with van der Waals surface area (Å²) in [5, 5.41) is 0. The van der Waals surface area contributed by atoms with Crippen molar-refractivity contribution in [3.63, 3.8) is 0 Å². The third-order valence-corrected chi connectivity index (χ3v) is 5.41. The molecule has 2 aromatic rings. The predicted octanol–water partition coefficient (Wildman–Crippen LogP) is 1.25. The van der Waals surface area contributed by atoms with E-state index in [-0.39, 0.29) is 24.7 Å². The second-order valence-corrected chi connectivity index (χ2v) is 7.83. The van der Waals surface area contributed by atoms with Crippen LogP contribution in [0.25, 0.3) is 11.1 Å². The molecule has 7 nitrogen and oxygen atoms in total. The smallest absolute Gasteiger partial charge is 0.298 e. The van der Waals surface area contributed by atoms with Gasteiger partial charge in [0.2, 0.25) is 0 Å². The summed E-state index contributed by atoms with van der Waals surface area (Å²) >= 11 is 0. The molecule has 2 N–H and O–H groups in total. The van der Waals surface area contributed by atoms with Crippen LogP contribution in [0.4, 0.5) is 10.4 Å². The van der Waals surface area contributed by atoms with Crippen LogP contribution in [0, 0.1) is 0 Å². The number of hydrogen-bond donors (Lipinski definition) is 1. The van der Waals surface area contributed by atoms with Crippen molar-refractivity contribution in [3.05, 3.63) is 30.1 Å². The molecular weight excluding hydrogens is 337 g/mol. The van der Waals surface area contributed by atoms with E-state index in [1.54, 1.807) is 23.1 Å². The molecule has 3 rings (SSSR count). The zero-order valence-electron chi connectivity index (χ0n) is 12.9. The predicted molar refractivity (Wildman–Crippen MR) is 88.6 cm³/mol. The SMILES string of the molecule is NCC(=CF)COc1ccc2nc(N3CCS(=O)(=O)CC3)oc2c1. The summed E-state index contributed by atoms with van der Waals surface area (Å²) in [6, 6.07) is 5.50. The van der Waals surface area contributed by atoms with Crippen molar-refractivity contribution in [3.8, 4) is 5.75 Å². The average Bonchev–Trinajstić information content (AvgIpc) is 2.99. The van der Waals surface area contributed by atoms with E-state index >= 15 is 0 Å². The van der Waals surface area contributed by atoms with Gasteiger partial charge in [0.05, 0.1) is 17.8 Å². The highest BCUT2D eigenvalue weighted by molar-refractivity contribution is 7.91. The number of nitrogens with zero attached hydrogens (tertiary/aromatic N) is 2. The van der Waals surface area contributed by atoms with Gasteiger partial charge in [-0.25, -0.2) is 12.8 Å². The number of ether oxygens (including phenoxy) is 1. The van der Waals surface area contributed by atoms with E-state index < -0.39 is 9.84 Å². The van der Waals surface area contributed by atoms with Crippen molar-refractivity contribution >= 4 is 27.0 Å². The molecule has 1 aromatic carbocycles. The maximum Gasteiger partial charge on any atom is 0.298 e. The van der Waals surface area contributed by atoms with E-state index in [2.05, 4.69) is 4.98 Å². The number of sulfone groups is 1. The summed E-state index contributed by atoms with van der Waals surface area (Å²) in [6.45, 7) is 0.867. The van der Waals surface area contributed by atoms with Crippen LogP contribution in [-0.4, -0.2) is 51.1 Å². The van der Waals surface area contributed by atoms with Crippen LogP contribution < -0.4 is 15.4 Å². The Morgan fingerprint density at radius 2 is 2.17 bits per heavy atom. The molecule has 0 unspecified atom stereocenters. The average molecular weight is 355 g/mol. The molecular formula is C15H18FN3O4S. The minimum atomic E-state index is -2.96. The number of rotatable bonds is 5. The number of fused-ring (bicyclic) bond motifs is 1. The topological polar surface area (TPSA) is 98.7 Å². The van der Waals surface area contributed by atoms with E-state index in [1.807, 2.05) is 0 Å². The molecule has 0 spiro atoms. The van der Waals surface area contributed by atoms with Gasteiger partial charge >= 0.3 is 0 Å². The zero-order valence-corrected chi connectivity index (χ0v) is 13.8. The maximum atomic E-state index is 12.5. The number of oxazole rings is 1. The second kappa shape index (κ2) is 6.78. The summed E-state index contributed by atoms with van der Waals surface area (Å²) in [5.41, 5.74) is 6.89. The van der Waals surface area contributed by atoms with E-state index in [0.717, 1.165) is 0 Å². The Morgan fingerprint density at radius 3 is 2.83 bits per heavy atom. The van der Waals surface area contributed by atoms with Gasteiger partial charge in [0.1, 0.15) is 17.9 Å². The lowest BCUT2D eigenvalue weighted by molar-refractivity contribution is 0.347. The molecule has 1 aliphatic heterocycles. The summed E-state index contributed by atoms with van der Waals surface area (Å²) in [5.74, 6) is 0.703. The Balaban J connectivity index is 1.74. The molecule has 1 aliphatic rings. The lowest BCUT2D eigenvalue weighted by Gasteiger charge is -2.24. The molecule has 24 heavy (non-hydrogen) atoms. The Labute approximate surface area is 138 Å². The van der Waals surface area contributed by atoms with E-state index in [4.69, 9.17) is 14.9 Å². The van der Waals surface area contributed by atoms with Crippen molar-refractivity contribution in [2.45, 2.75) is 0 Å². The van der Waals surface area contributed by atoms with Gasteiger partial charge in [-0.3, -0.25) is 0 Å². The molecule has 0 radical (unpaired) electrons. The molecule has 9 heteroatoms. The molecule has 0 saturated carbocycles. The fraction of sp³-hybridized carbons (Fsp3) is 0.400. The quantitative estimate of drug-likeness (QED) is 0.862. The van der Waals surface area contributed by atoms with Crippen LogP contribution in [0.3, 0.4) is 0 Å². The fourth-order valence-electron chi connectivity index (χ4n) is 2.33. The first kappa shape index (κ1) is 16.7. The van der Waals surface area contributed by atoms with Crippen LogP contribution in [0.1, 0.15) is 0 Å². The Hall–Kier alpha value is -2.13. The highest BCUT2D eigenvalue weighted by atomic mass is 32.2. The van der Waals surface area contributed by atoms with Crippen molar-refractivity contribution in [1.82, 2.24) is 4.98 Å². The van der Waals surface area contributed by atoms with E-state index in [0.29, 0.717) is 47.9 Å². The van der Waals surface area contributed by atoms with Crippen LogP contribution in [0.2, 0.25) is 0 Å². The van der Waals surface area contributed by atoms with Crippen molar-refractivity contribution in [2.75, 3.05) is 42.6 Å². The number of anilines is 1. The Bertz CT molecular complexity index is 849. The minimum Gasteiger partial charge on any atom is -0.489 e. The zero-order chi connectivity index (χ0) is 17.2. The van der Waals surface area contributed by atoms with Crippen LogP contribution in [-0.2, 0) is 9.84 Å². The second-order valence-electron chi connectivity index (χ2n) is 5.52. The molecule has 1 aromatic heterocycles. The first-order valence-corrected chi connectivity index (χ1v) is 9.30. The monoisotopic (exact) mass is 355 g/mol. The van der Waals surface area contributed by atoms with Gasteiger partial charge in [-0.05, 0) is 12.1 Å². The van der Waals surface area contributed by atoms with Gasteiger partial charge in [0.25, 0.3) is 6.01 Å². The van der Waals surface area contributed by atoms with Crippen molar-refractivity contribution < 1.29 is 22.0 Å². The van der Waals surface area contributed by atoms with E-state index in [9.17, 15) is 12.8 Å².